The van der Waals surface area contributed by atoms with Gasteiger partial charge in [0.2, 0.25) is 17.8 Å². The van der Waals surface area contributed by atoms with Gasteiger partial charge in [0.1, 0.15) is 0 Å². The van der Waals surface area contributed by atoms with Crippen LogP contribution >= 0.6 is 0 Å². The van der Waals surface area contributed by atoms with Crippen LogP contribution in [-0.4, -0.2) is 61.1 Å². The van der Waals surface area contributed by atoms with E-state index in [1.165, 1.54) is 30.4 Å². The quantitative estimate of drug-likeness (QED) is 0.475. The Balaban J connectivity index is 1.54. The van der Waals surface area contributed by atoms with Crippen molar-refractivity contribution in [2.45, 2.75) is 56.0 Å². The third kappa shape index (κ3) is 4.77. The van der Waals surface area contributed by atoms with Crippen molar-refractivity contribution in [3.63, 3.8) is 0 Å². The minimum Gasteiger partial charge on any atom is -0.357 e. The molecule has 0 atom stereocenters. The highest BCUT2D eigenvalue weighted by molar-refractivity contribution is 5.49. The molecule has 1 saturated carbocycles. The Bertz CT molecular complexity index is 1150. The SMILES string of the molecule is CNc1nc(N2CCCCC2)nc(N(C)C2(c3ccccc3)CCC(c3ccccc3)(N(C)C)CC2)n1. The number of nitrogens with one attached hydrogen (secondary N) is 1. The van der Waals surface area contributed by atoms with Gasteiger partial charge in [-0.05, 0) is 70.2 Å². The lowest BCUT2D eigenvalue weighted by Gasteiger charge is -2.53. The summed E-state index contributed by atoms with van der Waals surface area (Å²) in [4.78, 5) is 21.8. The normalized spacial score (nSPS) is 24.2. The minimum absolute atomic E-state index is 0.00851. The third-order valence-corrected chi connectivity index (χ3v) is 8.80. The highest BCUT2D eigenvalue weighted by Gasteiger charge is 2.48. The Hall–Kier alpha value is -3.19. The van der Waals surface area contributed by atoms with Gasteiger partial charge in [0.15, 0.2) is 0 Å². The summed E-state index contributed by atoms with van der Waals surface area (Å²) >= 11 is 0. The second kappa shape index (κ2) is 10.7. The molecule has 5 rings (SSSR count). The second-order valence-electron chi connectivity index (χ2n) is 10.8. The molecule has 37 heavy (non-hydrogen) atoms. The summed E-state index contributed by atoms with van der Waals surface area (Å²) in [6.07, 6.45) is 7.75. The van der Waals surface area contributed by atoms with Gasteiger partial charge in [-0.1, -0.05) is 60.7 Å². The van der Waals surface area contributed by atoms with E-state index in [-0.39, 0.29) is 11.1 Å². The monoisotopic (exact) mass is 499 g/mol. The van der Waals surface area contributed by atoms with Crippen molar-refractivity contribution >= 4 is 17.8 Å². The lowest BCUT2D eigenvalue weighted by atomic mass is 9.66. The van der Waals surface area contributed by atoms with Gasteiger partial charge in [-0.15, -0.1) is 0 Å². The first-order chi connectivity index (χ1) is 18.0. The van der Waals surface area contributed by atoms with E-state index >= 15 is 0 Å². The summed E-state index contributed by atoms with van der Waals surface area (Å²) in [5.74, 6) is 2.15. The van der Waals surface area contributed by atoms with Gasteiger partial charge in [0, 0.05) is 32.7 Å². The summed E-state index contributed by atoms with van der Waals surface area (Å²) in [6.45, 7) is 2.01. The maximum atomic E-state index is 5.06. The predicted molar refractivity (Wildman–Crippen MR) is 152 cm³/mol. The highest BCUT2D eigenvalue weighted by atomic mass is 15.4. The number of piperidine rings is 1. The highest BCUT2D eigenvalue weighted by Crippen LogP contribution is 2.51. The van der Waals surface area contributed by atoms with Crippen molar-refractivity contribution in [3.8, 4) is 0 Å². The van der Waals surface area contributed by atoms with Crippen LogP contribution in [0.15, 0.2) is 60.7 Å². The summed E-state index contributed by atoms with van der Waals surface area (Å²) in [5, 5.41) is 3.18. The zero-order valence-corrected chi connectivity index (χ0v) is 22.8. The molecule has 1 saturated heterocycles. The first-order valence-corrected chi connectivity index (χ1v) is 13.7. The zero-order chi connectivity index (χ0) is 25.9. The fraction of sp³-hybridized carbons (Fsp3) is 0.500. The van der Waals surface area contributed by atoms with E-state index in [1.54, 1.807) is 0 Å². The molecule has 0 bridgehead atoms. The number of aromatic nitrogens is 3. The van der Waals surface area contributed by atoms with Crippen molar-refractivity contribution in [2.75, 3.05) is 56.4 Å². The molecule has 196 valence electrons. The second-order valence-corrected chi connectivity index (χ2v) is 10.8. The van der Waals surface area contributed by atoms with Crippen molar-refractivity contribution in [2.24, 2.45) is 0 Å². The van der Waals surface area contributed by atoms with Crippen LogP contribution in [0.1, 0.15) is 56.1 Å². The molecular weight excluding hydrogens is 458 g/mol. The number of rotatable bonds is 7. The van der Waals surface area contributed by atoms with Gasteiger partial charge < -0.3 is 15.1 Å². The number of hydrogen-bond donors (Lipinski definition) is 1. The smallest absolute Gasteiger partial charge is 0.232 e. The van der Waals surface area contributed by atoms with Gasteiger partial charge in [-0.2, -0.15) is 15.0 Å². The first-order valence-electron chi connectivity index (χ1n) is 13.7. The molecule has 1 aromatic heterocycles. The van der Waals surface area contributed by atoms with Crippen LogP contribution in [0.5, 0.6) is 0 Å². The van der Waals surface area contributed by atoms with E-state index in [9.17, 15) is 0 Å². The number of nitrogens with zero attached hydrogens (tertiary/aromatic N) is 6. The van der Waals surface area contributed by atoms with Gasteiger partial charge >= 0.3 is 0 Å². The van der Waals surface area contributed by atoms with E-state index in [1.807, 2.05) is 7.05 Å². The number of anilines is 3. The maximum absolute atomic E-state index is 5.06. The molecule has 1 N–H and O–H groups in total. The van der Waals surface area contributed by atoms with Crippen molar-refractivity contribution in [1.82, 2.24) is 19.9 Å². The molecule has 3 aromatic rings. The van der Waals surface area contributed by atoms with Crippen LogP contribution in [0.25, 0.3) is 0 Å². The lowest BCUT2D eigenvalue weighted by molar-refractivity contribution is 0.0642. The van der Waals surface area contributed by atoms with Crippen LogP contribution in [0, 0.1) is 0 Å². The largest absolute Gasteiger partial charge is 0.357 e. The van der Waals surface area contributed by atoms with E-state index in [0.29, 0.717) is 5.95 Å². The molecule has 2 heterocycles. The topological polar surface area (TPSA) is 60.4 Å². The predicted octanol–water partition coefficient (Wildman–Crippen LogP) is 5.27. The minimum atomic E-state index is -0.207. The molecule has 7 nitrogen and oxygen atoms in total. The van der Waals surface area contributed by atoms with Crippen molar-refractivity contribution < 1.29 is 0 Å². The Morgan fingerprint density at radius 3 is 1.78 bits per heavy atom. The molecule has 7 heteroatoms. The standard InChI is InChI=1S/C30H41N7/c1-31-26-32-27(34-28(33-26)37-22-12-7-13-23-37)36(4)30(25-16-10-6-11-17-25)20-18-29(19-21-30,35(2)3)24-14-8-5-9-15-24/h5-6,8-11,14-17H,7,12-13,18-23H2,1-4H3,(H,31,32,33,34). The summed E-state index contributed by atoms with van der Waals surface area (Å²) in [7, 11) is 8.51. The Labute approximate surface area is 221 Å². The molecule has 0 unspecified atom stereocenters. The zero-order valence-electron chi connectivity index (χ0n) is 22.8. The molecule has 2 aromatic carbocycles. The van der Waals surface area contributed by atoms with Crippen molar-refractivity contribution in [1.29, 1.82) is 0 Å². The number of hydrogen-bond acceptors (Lipinski definition) is 7. The van der Waals surface area contributed by atoms with E-state index in [2.05, 4.69) is 102 Å². The molecule has 1 aliphatic heterocycles. The molecule has 2 aliphatic rings. The Morgan fingerprint density at radius 2 is 1.24 bits per heavy atom. The van der Waals surface area contributed by atoms with Crippen LogP contribution in [0.3, 0.4) is 0 Å². The average molecular weight is 500 g/mol. The van der Waals surface area contributed by atoms with Gasteiger partial charge in [-0.25, -0.2) is 0 Å². The Morgan fingerprint density at radius 1 is 0.703 bits per heavy atom. The number of benzene rings is 2. The van der Waals surface area contributed by atoms with Gasteiger partial charge in [0.25, 0.3) is 0 Å². The van der Waals surface area contributed by atoms with Crippen LogP contribution < -0.4 is 15.1 Å². The van der Waals surface area contributed by atoms with E-state index in [0.717, 1.165) is 50.7 Å². The maximum Gasteiger partial charge on any atom is 0.232 e. The third-order valence-electron chi connectivity index (χ3n) is 8.80. The van der Waals surface area contributed by atoms with Gasteiger partial charge in [0.05, 0.1) is 5.54 Å². The first kappa shape index (κ1) is 25.5. The molecular formula is C30H41N7. The van der Waals surface area contributed by atoms with E-state index < -0.39 is 0 Å². The van der Waals surface area contributed by atoms with Crippen LogP contribution in [0.2, 0.25) is 0 Å². The molecule has 0 radical (unpaired) electrons. The van der Waals surface area contributed by atoms with Crippen LogP contribution in [-0.2, 0) is 11.1 Å². The Kier molecular flexibility index (Phi) is 7.33. The van der Waals surface area contributed by atoms with E-state index in [4.69, 9.17) is 15.0 Å². The fourth-order valence-electron chi connectivity index (χ4n) is 6.43. The van der Waals surface area contributed by atoms with Crippen LogP contribution in [0.4, 0.5) is 17.8 Å². The fourth-order valence-corrected chi connectivity index (χ4v) is 6.43. The molecule has 0 amide bonds. The lowest BCUT2D eigenvalue weighted by Crippen LogP contribution is -2.54. The summed E-state index contributed by atoms with van der Waals surface area (Å²) in [6, 6.07) is 22.0. The van der Waals surface area contributed by atoms with Crippen molar-refractivity contribution in [3.05, 3.63) is 71.8 Å². The molecule has 0 spiro atoms. The summed E-state index contributed by atoms with van der Waals surface area (Å²) < 4.78 is 0. The molecule has 2 fully saturated rings. The summed E-state index contributed by atoms with van der Waals surface area (Å²) in [5.41, 5.74) is 2.52. The van der Waals surface area contributed by atoms with Gasteiger partial charge in [-0.3, -0.25) is 4.90 Å². The molecule has 1 aliphatic carbocycles. The average Bonchev–Trinajstić information content (AvgIpc) is 2.97.